The van der Waals surface area contributed by atoms with E-state index >= 15 is 0 Å². The van der Waals surface area contributed by atoms with Crippen LogP contribution in [-0.2, 0) is 6.54 Å². The third kappa shape index (κ3) is 3.11. The summed E-state index contributed by atoms with van der Waals surface area (Å²) in [5, 5.41) is 4.51. The molecule has 0 saturated carbocycles. The third-order valence-electron chi connectivity index (χ3n) is 3.91. The largest absolute Gasteiger partial charge is 0.345 e. The zero-order chi connectivity index (χ0) is 14.0. The van der Waals surface area contributed by atoms with E-state index in [9.17, 15) is 0 Å². The van der Waals surface area contributed by atoms with E-state index in [0.29, 0.717) is 17.9 Å². The fourth-order valence-corrected chi connectivity index (χ4v) is 4.25. The Morgan fingerprint density at radius 2 is 2.11 bits per heavy atom. The van der Waals surface area contributed by atoms with Crippen molar-refractivity contribution < 1.29 is 0 Å². The van der Waals surface area contributed by atoms with Gasteiger partial charge in [-0.05, 0) is 31.7 Å². The summed E-state index contributed by atoms with van der Waals surface area (Å²) in [6.45, 7) is 11.2. The second-order valence-electron chi connectivity index (χ2n) is 6.14. The van der Waals surface area contributed by atoms with Crippen LogP contribution in [-0.4, -0.2) is 24.6 Å². The van der Waals surface area contributed by atoms with Gasteiger partial charge in [0.25, 0.3) is 0 Å². The molecule has 4 heteroatoms. The highest BCUT2D eigenvalue weighted by molar-refractivity contribution is 7.15. The van der Waals surface area contributed by atoms with Crippen LogP contribution in [0.15, 0.2) is 0 Å². The number of rotatable bonds is 5. The van der Waals surface area contributed by atoms with E-state index in [1.807, 2.05) is 18.4 Å². The highest BCUT2D eigenvalue weighted by Gasteiger charge is 2.30. The van der Waals surface area contributed by atoms with Crippen LogP contribution in [0.2, 0.25) is 0 Å². The maximum atomic E-state index is 4.95. The highest BCUT2D eigenvalue weighted by atomic mass is 32.1. The minimum Gasteiger partial charge on any atom is -0.345 e. The minimum absolute atomic E-state index is 0.508. The Kier molecular flexibility index (Phi) is 4.85. The normalized spacial score (nSPS) is 19.9. The quantitative estimate of drug-likeness (QED) is 0.893. The molecule has 1 fully saturated rings. The first kappa shape index (κ1) is 14.8. The van der Waals surface area contributed by atoms with Crippen molar-refractivity contribution in [2.45, 2.75) is 59.0 Å². The molecule has 1 unspecified atom stereocenters. The van der Waals surface area contributed by atoms with Crippen molar-refractivity contribution in [3.8, 4) is 0 Å². The smallest absolute Gasteiger partial charge is 0.186 e. The summed E-state index contributed by atoms with van der Waals surface area (Å²) < 4.78 is 0. The molecule has 1 atom stereocenters. The van der Waals surface area contributed by atoms with Crippen molar-refractivity contribution in [1.82, 2.24) is 10.3 Å². The second kappa shape index (κ2) is 6.23. The molecule has 0 aliphatic carbocycles. The number of hydrogen-bond acceptors (Lipinski definition) is 4. The Morgan fingerprint density at radius 3 is 2.68 bits per heavy atom. The molecular weight excluding hydrogens is 254 g/mol. The predicted molar refractivity (Wildman–Crippen MR) is 84.2 cm³/mol. The van der Waals surface area contributed by atoms with Crippen molar-refractivity contribution >= 4 is 16.5 Å². The maximum absolute atomic E-state index is 4.95. The van der Waals surface area contributed by atoms with Gasteiger partial charge in [-0.15, -0.1) is 11.3 Å². The van der Waals surface area contributed by atoms with E-state index in [1.54, 1.807) is 0 Å². The van der Waals surface area contributed by atoms with E-state index in [1.165, 1.54) is 35.1 Å². The molecule has 1 saturated heterocycles. The lowest BCUT2D eigenvalue weighted by Crippen LogP contribution is -2.33. The zero-order valence-electron chi connectivity index (χ0n) is 12.9. The lowest BCUT2D eigenvalue weighted by Gasteiger charge is -2.27. The Balaban J connectivity index is 2.27. The summed E-state index contributed by atoms with van der Waals surface area (Å²) in [4.78, 5) is 8.89. The first-order valence-corrected chi connectivity index (χ1v) is 8.27. The Morgan fingerprint density at radius 1 is 1.37 bits per heavy atom. The van der Waals surface area contributed by atoms with Crippen molar-refractivity contribution in [1.29, 1.82) is 0 Å². The molecule has 108 valence electrons. The van der Waals surface area contributed by atoms with Crippen LogP contribution in [0.5, 0.6) is 0 Å². The number of nitrogens with zero attached hydrogens (tertiary/aromatic N) is 2. The van der Waals surface area contributed by atoms with E-state index in [4.69, 9.17) is 4.98 Å². The van der Waals surface area contributed by atoms with Crippen molar-refractivity contribution in [2.75, 3.05) is 18.5 Å². The number of anilines is 1. The number of hydrogen-bond donors (Lipinski definition) is 1. The van der Waals surface area contributed by atoms with Crippen LogP contribution in [0.4, 0.5) is 5.13 Å². The molecule has 0 aromatic carbocycles. The summed E-state index contributed by atoms with van der Waals surface area (Å²) in [6, 6.07) is 0.675. The highest BCUT2D eigenvalue weighted by Crippen LogP contribution is 2.36. The van der Waals surface area contributed by atoms with Crippen LogP contribution in [0.1, 0.15) is 57.0 Å². The first-order chi connectivity index (χ1) is 9.04. The Labute approximate surface area is 121 Å². The van der Waals surface area contributed by atoms with Gasteiger partial charge in [-0.1, -0.05) is 27.7 Å². The maximum Gasteiger partial charge on any atom is 0.186 e. The molecule has 2 rings (SSSR count). The summed E-state index contributed by atoms with van der Waals surface area (Å²) in [6.07, 6.45) is 2.62. The molecule has 19 heavy (non-hydrogen) atoms. The summed E-state index contributed by atoms with van der Waals surface area (Å²) >= 11 is 1.88. The van der Waals surface area contributed by atoms with Gasteiger partial charge >= 0.3 is 0 Å². The van der Waals surface area contributed by atoms with Gasteiger partial charge in [0.05, 0.1) is 5.69 Å². The van der Waals surface area contributed by atoms with Crippen molar-refractivity contribution in [2.24, 2.45) is 5.92 Å². The summed E-state index contributed by atoms with van der Waals surface area (Å²) in [5.74, 6) is 1.22. The predicted octanol–water partition coefficient (Wildman–Crippen LogP) is 3.61. The average molecular weight is 281 g/mol. The van der Waals surface area contributed by atoms with Gasteiger partial charge in [-0.2, -0.15) is 0 Å². The molecule has 0 radical (unpaired) electrons. The monoisotopic (exact) mass is 281 g/mol. The molecule has 2 heterocycles. The lowest BCUT2D eigenvalue weighted by molar-refractivity contribution is 0.491. The fraction of sp³-hybridized carbons (Fsp3) is 0.800. The fourth-order valence-electron chi connectivity index (χ4n) is 2.93. The standard InChI is InChI=1S/C15H27N3S/c1-10(2)12-7-6-8-18(12)15-17-14(11(3)4)13(19-15)9-16-5/h10-12,16H,6-9H2,1-5H3. The van der Waals surface area contributed by atoms with Gasteiger partial charge in [-0.25, -0.2) is 4.98 Å². The second-order valence-corrected chi connectivity index (χ2v) is 7.20. The zero-order valence-corrected chi connectivity index (χ0v) is 13.7. The molecular formula is C15H27N3S. The molecule has 3 nitrogen and oxygen atoms in total. The molecule has 1 aliphatic heterocycles. The van der Waals surface area contributed by atoms with Crippen LogP contribution in [0.25, 0.3) is 0 Å². The van der Waals surface area contributed by atoms with Crippen LogP contribution < -0.4 is 10.2 Å². The van der Waals surface area contributed by atoms with E-state index in [-0.39, 0.29) is 0 Å². The first-order valence-electron chi connectivity index (χ1n) is 7.45. The SMILES string of the molecule is CNCc1sc(N2CCCC2C(C)C)nc1C(C)C. The van der Waals surface area contributed by atoms with E-state index in [0.717, 1.165) is 6.54 Å². The van der Waals surface area contributed by atoms with Gasteiger partial charge in [0.2, 0.25) is 0 Å². The average Bonchev–Trinajstić information content (AvgIpc) is 2.93. The number of thiazole rings is 1. The third-order valence-corrected chi connectivity index (χ3v) is 5.02. The molecule has 1 aromatic heterocycles. The summed E-state index contributed by atoms with van der Waals surface area (Å²) in [5.41, 5.74) is 1.28. The van der Waals surface area contributed by atoms with Gasteiger partial charge in [-0.3, -0.25) is 0 Å². The van der Waals surface area contributed by atoms with Crippen molar-refractivity contribution in [3.63, 3.8) is 0 Å². The molecule has 0 bridgehead atoms. The molecule has 1 aromatic rings. The Bertz CT molecular complexity index is 412. The van der Waals surface area contributed by atoms with Crippen LogP contribution in [0, 0.1) is 5.92 Å². The Hall–Kier alpha value is -0.610. The van der Waals surface area contributed by atoms with Crippen LogP contribution in [0.3, 0.4) is 0 Å². The summed E-state index contributed by atoms with van der Waals surface area (Å²) in [7, 11) is 2.01. The topological polar surface area (TPSA) is 28.2 Å². The van der Waals surface area contributed by atoms with E-state index < -0.39 is 0 Å². The van der Waals surface area contributed by atoms with Gasteiger partial charge < -0.3 is 10.2 Å². The van der Waals surface area contributed by atoms with E-state index in [2.05, 4.69) is 37.9 Å². The van der Waals surface area contributed by atoms with Gasteiger partial charge in [0, 0.05) is 24.0 Å². The molecule has 1 N–H and O–H groups in total. The number of aromatic nitrogens is 1. The lowest BCUT2D eigenvalue weighted by atomic mass is 10.0. The van der Waals surface area contributed by atoms with Gasteiger partial charge in [0.15, 0.2) is 5.13 Å². The van der Waals surface area contributed by atoms with Gasteiger partial charge in [0.1, 0.15) is 0 Å². The minimum atomic E-state index is 0.508. The molecule has 0 amide bonds. The molecule has 0 spiro atoms. The molecule has 1 aliphatic rings. The van der Waals surface area contributed by atoms with Crippen molar-refractivity contribution in [3.05, 3.63) is 10.6 Å². The van der Waals surface area contributed by atoms with Crippen LogP contribution >= 0.6 is 11.3 Å². The number of nitrogens with one attached hydrogen (secondary N) is 1.